The zero-order chi connectivity index (χ0) is 17.7. The first-order chi connectivity index (χ1) is 11.3. The van der Waals surface area contributed by atoms with Crippen LogP contribution in [0.3, 0.4) is 0 Å². The molecule has 1 aromatic carbocycles. The number of nitrogens with one attached hydrogen (secondary N) is 3. The van der Waals surface area contributed by atoms with Gasteiger partial charge >= 0.3 is 6.03 Å². The molecule has 0 radical (unpaired) electrons. The summed E-state index contributed by atoms with van der Waals surface area (Å²) >= 11 is 1.75. The molecule has 0 bridgehead atoms. The smallest absolute Gasteiger partial charge is 0.319 e. The Morgan fingerprint density at radius 3 is 2.33 bits per heavy atom. The average Bonchev–Trinajstić information content (AvgIpc) is 2.87. The van der Waals surface area contributed by atoms with Gasteiger partial charge in [-0.3, -0.25) is 4.79 Å². The molecule has 0 unspecified atom stereocenters. The van der Waals surface area contributed by atoms with E-state index < -0.39 is 0 Å². The van der Waals surface area contributed by atoms with Gasteiger partial charge in [-0.25, -0.2) is 4.79 Å². The molecule has 1 atom stereocenters. The lowest BCUT2D eigenvalue weighted by Gasteiger charge is -2.16. The summed E-state index contributed by atoms with van der Waals surface area (Å²) in [6, 6.07) is 9.38. The highest BCUT2D eigenvalue weighted by Gasteiger charge is 2.12. The Labute approximate surface area is 146 Å². The van der Waals surface area contributed by atoms with Gasteiger partial charge in [0.25, 0.3) is 0 Å². The van der Waals surface area contributed by atoms with Crippen LogP contribution in [0.1, 0.15) is 29.2 Å². The third-order valence-electron chi connectivity index (χ3n) is 3.57. The molecule has 0 saturated carbocycles. The van der Waals surface area contributed by atoms with E-state index >= 15 is 0 Å². The average molecular weight is 345 g/mol. The molecule has 24 heavy (non-hydrogen) atoms. The molecule has 3 amide bonds. The molecule has 0 aliphatic carbocycles. The fourth-order valence-corrected chi connectivity index (χ4v) is 3.45. The zero-order valence-corrected chi connectivity index (χ0v) is 15.2. The predicted molar refractivity (Wildman–Crippen MR) is 99.9 cm³/mol. The number of thiophene rings is 1. The van der Waals surface area contributed by atoms with Crippen molar-refractivity contribution in [2.45, 2.75) is 40.2 Å². The molecule has 3 N–H and O–H groups in total. The fraction of sp³-hybridized carbons (Fsp3) is 0.333. The van der Waals surface area contributed by atoms with Crippen molar-refractivity contribution in [3.63, 3.8) is 0 Å². The number of hydrogen-bond acceptors (Lipinski definition) is 3. The van der Waals surface area contributed by atoms with E-state index in [1.165, 1.54) is 16.7 Å². The van der Waals surface area contributed by atoms with Crippen LogP contribution >= 0.6 is 11.3 Å². The van der Waals surface area contributed by atoms with Crippen LogP contribution in [0.4, 0.5) is 16.2 Å². The molecule has 5 nitrogen and oxygen atoms in total. The van der Waals surface area contributed by atoms with Crippen LogP contribution in [0, 0.1) is 13.8 Å². The van der Waals surface area contributed by atoms with Crippen molar-refractivity contribution in [3.05, 3.63) is 45.6 Å². The second-order valence-electron chi connectivity index (χ2n) is 5.88. The molecular formula is C18H23N3O2S. The number of aryl methyl sites for hydroxylation is 1. The van der Waals surface area contributed by atoms with Crippen LogP contribution < -0.4 is 16.0 Å². The summed E-state index contributed by atoms with van der Waals surface area (Å²) in [6.07, 6.45) is 0.802. The first-order valence-electron chi connectivity index (χ1n) is 7.85. The van der Waals surface area contributed by atoms with E-state index in [1.807, 2.05) is 26.0 Å². The highest BCUT2D eigenvalue weighted by molar-refractivity contribution is 7.11. The van der Waals surface area contributed by atoms with Crippen molar-refractivity contribution in [2.24, 2.45) is 0 Å². The lowest BCUT2D eigenvalue weighted by molar-refractivity contribution is -0.114. The minimum atomic E-state index is -0.251. The fourth-order valence-electron chi connectivity index (χ4n) is 2.43. The zero-order valence-electron chi connectivity index (χ0n) is 14.4. The summed E-state index contributed by atoms with van der Waals surface area (Å²) in [6.45, 7) is 7.37. The van der Waals surface area contributed by atoms with E-state index in [-0.39, 0.29) is 18.0 Å². The maximum absolute atomic E-state index is 12.2. The molecule has 0 fully saturated rings. The number of rotatable bonds is 5. The Hall–Kier alpha value is -2.34. The van der Waals surface area contributed by atoms with Crippen molar-refractivity contribution >= 4 is 34.6 Å². The van der Waals surface area contributed by atoms with Gasteiger partial charge in [0, 0.05) is 40.5 Å². The molecule has 1 heterocycles. The van der Waals surface area contributed by atoms with Gasteiger partial charge in [-0.05, 0) is 50.6 Å². The van der Waals surface area contributed by atoms with Gasteiger partial charge in [0.2, 0.25) is 5.91 Å². The molecule has 2 rings (SSSR count). The number of anilines is 2. The van der Waals surface area contributed by atoms with Gasteiger partial charge in [0.15, 0.2) is 0 Å². The lowest BCUT2D eigenvalue weighted by Crippen LogP contribution is -2.37. The number of urea groups is 1. The van der Waals surface area contributed by atoms with Crippen LogP contribution in [0.25, 0.3) is 0 Å². The number of amides is 3. The van der Waals surface area contributed by atoms with Crippen molar-refractivity contribution in [1.82, 2.24) is 5.32 Å². The maximum Gasteiger partial charge on any atom is 0.319 e. The Morgan fingerprint density at radius 2 is 1.75 bits per heavy atom. The van der Waals surface area contributed by atoms with Gasteiger partial charge in [-0.1, -0.05) is 6.07 Å². The standard InChI is InChI=1S/C18H23N3O2S/c1-11(10-15-9-8-12(2)24-15)19-18(23)21-17-7-5-6-16(13(17)3)20-14(4)22/h5-9,11H,10H2,1-4H3,(H,20,22)(H2,19,21,23)/t11-/m1/s1. The summed E-state index contributed by atoms with van der Waals surface area (Å²) in [5.41, 5.74) is 2.20. The predicted octanol–water partition coefficient (Wildman–Crippen LogP) is 4.08. The number of carbonyl (C=O) groups is 2. The van der Waals surface area contributed by atoms with E-state index in [1.54, 1.807) is 17.4 Å². The summed E-state index contributed by atoms with van der Waals surface area (Å²) in [7, 11) is 0. The highest BCUT2D eigenvalue weighted by atomic mass is 32.1. The summed E-state index contributed by atoms with van der Waals surface area (Å²) in [5.74, 6) is -0.139. The molecule has 1 aromatic heterocycles. The molecule has 0 spiro atoms. The van der Waals surface area contributed by atoms with E-state index in [9.17, 15) is 9.59 Å². The van der Waals surface area contributed by atoms with E-state index in [2.05, 4.69) is 35.0 Å². The van der Waals surface area contributed by atoms with E-state index in [0.29, 0.717) is 11.4 Å². The van der Waals surface area contributed by atoms with Crippen molar-refractivity contribution in [1.29, 1.82) is 0 Å². The number of hydrogen-bond donors (Lipinski definition) is 3. The van der Waals surface area contributed by atoms with Gasteiger partial charge in [-0.2, -0.15) is 0 Å². The van der Waals surface area contributed by atoms with Crippen LogP contribution in [0.15, 0.2) is 30.3 Å². The molecular weight excluding hydrogens is 322 g/mol. The minimum absolute atomic E-state index is 0.0295. The van der Waals surface area contributed by atoms with Gasteiger partial charge in [-0.15, -0.1) is 11.3 Å². The number of benzene rings is 1. The molecule has 2 aromatic rings. The Balaban J connectivity index is 1.95. The van der Waals surface area contributed by atoms with Crippen LogP contribution in [0.5, 0.6) is 0 Å². The molecule has 6 heteroatoms. The van der Waals surface area contributed by atoms with E-state index in [4.69, 9.17) is 0 Å². The van der Waals surface area contributed by atoms with Crippen LogP contribution in [-0.2, 0) is 11.2 Å². The second-order valence-corrected chi connectivity index (χ2v) is 7.25. The van der Waals surface area contributed by atoms with Crippen LogP contribution in [0.2, 0.25) is 0 Å². The quantitative estimate of drug-likeness (QED) is 0.764. The third kappa shape index (κ3) is 5.09. The van der Waals surface area contributed by atoms with Gasteiger partial charge in [0.1, 0.15) is 0 Å². The maximum atomic E-state index is 12.2. The summed E-state index contributed by atoms with van der Waals surface area (Å²) in [5, 5.41) is 8.54. The van der Waals surface area contributed by atoms with Crippen molar-refractivity contribution in [2.75, 3.05) is 10.6 Å². The van der Waals surface area contributed by atoms with Crippen molar-refractivity contribution < 1.29 is 9.59 Å². The molecule has 0 saturated heterocycles. The van der Waals surface area contributed by atoms with Crippen LogP contribution in [-0.4, -0.2) is 18.0 Å². The first-order valence-corrected chi connectivity index (χ1v) is 8.67. The largest absolute Gasteiger partial charge is 0.335 e. The summed E-state index contributed by atoms with van der Waals surface area (Å²) in [4.78, 5) is 25.9. The molecule has 0 aliphatic rings. The Kier molecular flexibility index (Phi) is 5.98. The van der Waals surface area contributed by atoms with Crippen molar-refractivity contribution in [3.8, 4) is 0 Å². The van der Waals surface area contributed by atoms with Gasteiger partial charge in [0.05, 0.1) is 0 Å². The third-order valence-corrected chi connectivity index (χ3v) is 4.60. The summed E-state index contributed by atoms with van der Waals surface area (Å²) < 4.78 is 0. The number of carbonyl (C=O) groups excluding carboxylic acids is 2. The Bertz CT molecular complexity index is 740. The highest BCUT2D eigenvalue weighted by Crippen LogP contribution is 2.23. The lowest BCUT2D eigenvalue weighted by atomic mass is 10.1. The van der Waals surface area contributed by atoms with E-state index in [0.717, 1.165) is 12.0 Å². The monoisotopic (exact) mass is 345 g/mol. The SMILES string of the molecule is CC(=O)Nc1cccc(NC(=O)N[C@H](C)Cc2ccc(C)s2)c1C. The second kappa shape index (κ2) is 7.97. The molecule has 128 valence electrons. The normalized spacial score (nSPS) is 11.7. The molecule has 0 aliphatic heterocycles. The minimum Gasteiger partial charge on any atom is -0.335 e. The Morgan fingerprint density at radius 1 is 1.08 bits per heavy atom. The topological polar surface area (TPSA) is 70.2 Å². The van der Waals surface area contributed by atoms with Gasteiger partial charge < -0.3 is 16.0 Å². The first kappa shape index (κ1) is 18.0.